The molecule has 1 aromatic carbocycles. The smallest absolute Gasteiger partial charge is 0.323 e. The molecule has 2 saturated heterocycles. The number of hydrogen-bond donors (Lipinski definition) is 1. The van der Waals surface area contributed by atoms with Gasteiger partial charge in [0.15, 0.2) is 0 Å². The van der Waals surface area contributed by atoms with E-state index in [0.717, 1.165) is 19.3 Å². The Morgan fingerprint density at radius 2 is 2.09 bits per heavy atom. The van der Waals surface area contributed by atoms with Crippen molar-refractivity contribution in [3.8, 4) is 0 Å². The van der Waals surface area contributed by atoms with Gasteiger partial charge in [0, 0.05) is 18.0 Å². The van der Waals surface area contributed by atoms with Crippen LogP contribution in [0.1, 0.15) is 44.7 Å². The van der Waals surface area contributed by atoms with Gasteiger partial charge in [-0.3, -0.25) is 9.69 Å². The normalized spacial score (nSPS) is 32.7. The van der Waals surface area contributed by atoms with Crippen LogP contribution in [0.3, 0.4) is 0 Å². The fourth-order valence-corrected chi connectivity index (χ4v) is 4.22. The van der Waals surface area contributed by atoms with Crippen molar-refractivity contribution in [2.45, 2.75) is 57.3 Å². The maximum Gasteiger partial charge on any atom is 0.323 e. The first-order valence-corrected chi connectivity index (χ1v) is 8.30. The van der Waals surface area contributed by atoms with E-state index in [1.807, 2.05) is 25.1 Å². The van der Waals surface area contributed by atoms with Crippen molar-refractivity contribution >= 4 is 5.97 Å². The van der Waals surface area contributed by atoms with Crippen LogP contribution in [0.2, 0.25) is 0 Å². The number of fused-ring (bicyclic) bond motifs is 3. The van der Waals surface area contributed by atoms with Crippen molar-refractivity contribution < 1.29 is 14.6 Å². The Morgan fingerprint density at radius 1 is 1.36 bits per heavy atom. The van der Waals surface area contributed by atoms with Crippen molar-refractivity contribution in [1.82, 2.24) is 4.90 Å². The summed E-state index contributed by atoms with van der Waals surface area (Å²) in [6.07, 6.45) is 2.34. The quantitative estimate of drug-likeness (QED) is 0.868. The summed E-state index contributed by atoms with van der Waals surface area (Å²) < 4.78 is 5.31. The fraction of sp³-hybridized carbons (Fsp3) is 0.611. The molecular formula is C18H25NO3. The molecule has 1 aromatic rings. The molecule has 1 aliphatic carbocycles. The lowest BCUT2D eigenvalue weighted by Crippen LogP contribution is -2.63. The third-order valence-electron chi connectivity index (χ3n) is 5.25. The molecule has 0 radical (unpaired) electrons. The molecule has 1 N–H and O–H groups in total. The minimum atomic E-state index is -0.382. The minimum absolute atomic E-state index is 0.00443. The standard InChI is InChI=1S/C18H25NO3/c1-3-22-18(21)17-15-10-9-14(11-16(15)20)19(17)12(2)13-7-5-4-6-8-13/h4-8,12,14-17,20H,3,9-11H2,1-2H3/t12-,14+,15-,16?,17+/m1/s1. The molecule has 4 rings (SSSR count). The zero-order chi connectivity index (χ0) is 15.7. The fourth-order valence-electron chi connectivity index (χ4n) is 4.22. The molecule has 1 saturated carbocycles. The van der Waals surface area contributed by atoms with Gasteiger partial charge in [0.05, 0.1) is 12.7 Å². The van der Waals surface area contributed by atoms with Gasteiger partial charge in [-0.1, -0.05) is 30.3 Å². The van der Waals surface area contributed by atoms with E-state index in [9.17, 15) is 9.90 Å². The maximum absolute atomic E-state index is 12.5. The van der Waals surface area contributed by atoms with E-state index in [4.69, 9.17) is 4.74 Å². The number of benzene rings is 1. The number of hydrogen-bond acceptors (Lipinski definition) is 4. The van der Waals surface area contributed by atoms with Gasteiger partial charge in [0.2, 0.25) is 0 Å². The van der Waals surface area contributed by atoms with E-state index >= 15 is 0 Å². The molecule has 5 atom stereocenters. The first-order valence-electron chi connectivity index (χ1n) is 8.30. The topological polar surface area (TPSA) is 49.8 Å². The highest BCUT2D eigenvalue weighted by Gasteiger charge is 2.51. The van der Waals surface area contributed by atoms with E-state index in [1.54, 1.807) is 0 Å². The van der Waals surface area contributed by atoms with Crippen LogP contribution >= 0.6 is 0 Å². The SMILES string of the molecule is CCOC(=O)[C@@H]1[C@@H]2CC[C@@H](CC2O)N1[C@H](C)c1ccccc1. The average molecular weight is 303 g/mol. The summed E-state index contributed by atoms with van der Waals surface area (Å²) in [5.41, 5.74) is 1.21. The first-order chi connectivity index (χ1) is 10.6. The predicted octanol–water partition coefficient (Wildman–Crippen LogP) is 2.52. The van der Waals surface area contributed by atoms with Crippen LogP contribution in [0.4, 0.5) is 0 Å². The number of esters is 1. The van der Waals surface area contributed by atoms with E-state index in [0.29, 0.717) is 6.61 Å². The summed E-state index contributed by atoms with van der Waals surface area (Å²) in [4.78, 5) is 14.8. The van der Waals surface area contributed by atoms with Gasteiger partial charge < -0.3 is 9.84 Å². The van der Waals surface area contributed by atoms with Gasteiger partial charge >= 0.3 is 5.97 Å². The largest absolute Gasteiger partial charge is 0.465 e. The molecule has 1 unspecified atom stereocenters. The number of piperidine rings is 2. The monoisotopic (exact) mass is 303 g/mol. The van der Waals surface area contributed by atoms with Gasteiger partial charge in [0.1, 0.15) is 6.04 Å². The average Bonchev–Trinajstić information content (AvgIpc) is 2.55. The summed E-state index contributed by atoms with van der Waals surface area (Å²) in [6.45, 7) is 4.37. The number of rotatable bonds is 4. The minimum Gasteiger partial charge on any atom is -0.465 e. The van der Waals surface area contributed by atoms with Gasteiger partial charge in [-0.05, 0) is 38.7 Å². The van der Waals surface area contributed by atoms with E-state index in [2.05, 4.69) is 24.0 Å². The van der Waals surface area contributed by atoms with Gasteiger partial charge in [-0.2, -0.15) is 0 Å². The highest BCUT2D eigenvalue weighted by molar-refractivity contribution is 5.77. The Bertz CT molecular complexity index is 518. The number of nitrogens with zero attached hydrogens (tertiary/aromatic N) is 1. The molecule has 2 heterocycles. The lowest BCUT2D eigenvalue weighted by molar-refractivity contribution is -0.171. The highest BCUT2D eigenvalue weighted by atomic mass is 16.5. The van der Waals surface area contributed by atoms with Crippen LogP contribution in [-0.2, 0) is 9.53 Å². The molecule has 4 nitrogen and oxygen atoms in total. The van der Waals surface area contributed by atoms with Gasteiger partial charge in [-0.25, -0.2) is 0 Å². The lowest BCUT2D eigenvalue weighted by atomic mass is 9.71. The van der Waals surface area contributed by atoms with Crippen molar-refractivity contribution in [2.75, 3.05) is 6.61 Å². The number of aliphatic hydroxyl groups excluding tert-OH is 1. The Hall–Kier alpha value is -1.39. The summed E-state index contributed by atoms with van der Waals surface area (Å²) >= 11 is 0. The summed E-state index contributed by atoms with van der Waals surface area (Å²) in [7, 11) is 0. The van der Waals surface area contributed by atoms with E-state index in [1.165, 1.54) is 5.56 Å². The number of ether oxygens (including phenoxy) is 1. The van der Waals surface area contributed by atoms with Gasteiger partial charge in [0.25, 0.3) is 0 Å². The number of carbonyl (C=O) groups excluding carboxylic acids is 1. The van der Waals surface area contributed by atoms with Crippen molar-refractivity contribution in [3.63, 3.8) is 0 Å². The third-order valence-corrected chi connectivity index (χ3v) is 5.25. The van der Waals surface area contributed by atoms with Crippen LogP contribution in [0.25, 0.3) is 0 Å². The number of carbonyl (C=O) groups is 1. The van der Waals surface area contributed by atoms with E-state index in [-0.39, 0.29) is 36.1 Å². The second kappa shape index (κ2) is 6.39. The van der Waals surface area contributed by atoms with Crippen LogP contribution in [0.5, 0.6) is 0 Å². The Balaban J connectivity index is 1.91. The predicted molar refractivity (Wildman–Crippen MR) is 84.3 cm³/mol. The molecule has 22 heavy (non-hydrogen) atoms. The maximum atomic E-state index is 12.5. The molecule has 0 spiro atoms. The second-order valence-corrected chi connectivity index (χ2v) is 6.43. The zero-order valence-electron chi connectivity index (χ0n) is 13.3. The summed E-state index contributed by atoms with van der Waals surface area (Å²) in [6, 6.07) is 10.4. The second-order valence-electron chi connectivity index (χ2n) is 6.43. The first kappa shape index (κ1) is 15.5. The van der Waals surface area contributed by atoms with Crippen molar-refractivity contribution in [3.05, 3.63) is 35.9 Å². The zero-order valence-corrected chi connectivity index (χ0v) is 13.3. The van der Waals surface area contributed by atoms with Crippen molar-refractivity contribution in [1.29, 1.82) is 0 Å². The van der Waals surface area contributed by atoms with Crippen LogP contribution in [0.15, 0.2) is 30.3 Å². The third kappa shape index (κ3) is 2.66. The van der Waals surface area contributed by atoms with Gasteiger partial charge in [-0.15, -0.1) is 0 Å². The van der Waals surface area contributed by atoms with Crippen LogP contribution in [0, 0.1) is 5.92 Å². The molecule has 3 aliphatic rings. The molecule has 0 aromatic heterocycles. The molecule has 2 aliphatic heterocycles. The Labute approximate surface area is 132 Å². The molecule has 0 amide bonds. The summed E-state index contributed by atoms with van der Waals surface area (Å²) in [5, 5.41) is 10.3. The lowest BCUT2D eigenvalue weighted by Gasteiger charge is -2.54. The highest BCUT2D eigenvalue weighted by Crippen LogP contribution is 2.44. The van der Waals surface area contributed by atoms with Crippen LogP contribution < -0.4 is 0 Å². The molecule has 2 bridgehead atoms. The Morgan fingerprint density at radius 3 is 2.73 bits per heavy atom. The molecule has 3 fully saturated rings. The molecule has 120 valence electrons. The van der Waals surface area contributed by atoms with Crippen LogP contribution in [-0.4, -0.2) is 40.8 Å². The Kier molecular flexibility index (Phi) is 4.50. The number of aliphatic hydroxyl groups is 1. The van der Waals surface area contributed by atoms with E-state index < -0.39 is 0 Å². The summed E-state index contributed by atoms with van der Waals surface area (Å²) in [5.74, 6) is -0.186. The molecular weight excluding hydrogens is 278 g/mol. The molecule has 4 heteroatoms. The van der Waals surface area contributed by atoms with Crippen molar-refractivity contribution in [2.24, 2.45) is 5.92 Å².